The van der Waals surface area contributed by atoms with Gasteiger partial charge in [-0.1, -0.05) is 11.6 Å². The fourth-order valence-corrected chi connectivity index (χ4v) is 6.54. The van der Waals surface area contributed by atoms with E-state index in [2.05, 4.69) is 71.2 Å². The summed E-state index contributed by atoms with van der Waals surface area (Å²) in [5.74, 6) is 1.85. The number of benzene rings is 1. The predicted molar refractivity (Wildman–Crippen MR) is 144 cm³/mol. The van der Waals surface area contributed by atoms with E-state index in [0.29, 0.717) is 6.04 Å². The van der Waals surface area contributed by atoms with Crippen molar-refractivity contribution in [2.75, 3.05) is 58.4 Å². The summed E-state index contributed by atoms with van der Waals surface area (Å²) in [6.45, 7) is 8.64. The quantitative estimate of drug-likeness (QED) is 0.444. The molecule has 0 atom stereocenters. The van der Waals surface area contributed by atoms with E-state index in [9.17, 15) is 0 Å². The zero-order valence-electron chi connectivity index (χ0n) is 20.9. The Kier molecular flexibility index (Phi) is 6.22. The number of piperidine rings is 1. The number of aryl methyl sites for hydroxylation is 1. The Morgan fingerprint density at radius 1 is 1.09 bits per heavy atom. The van der Waals surface area contributed by atoms with E-state index < -0.39 is 0 Å². The van der Waals surface area contributed by atoms with Crippen LogP contribution in [0, 0.1) is 6.92 Å². The number of aromatic nitrogens is 3. The highest BCUT2D eigenvalue weighted by Gasteiger charge is 2.24. The lowest BCUT2D eigenvalue weighted by Gasteiger charge is -2.34. The first-order valence-electron chi connectivity index (χ1n) is 12.7. The van der Waals surface area contributed by atoms with Crippen molar-refractivity contribution in [3.63, 3.8) is 0 Å². The monoisotopic (exact) mass is 490 g/mol. The third-order valence-electron chi connectivity index (χ3n) is 7.46. The average Bonchev–Trinajstić information content (AvgIpc) is 3.47. The van der Waals surface area contributed by atoms with Gasteiger partial charge >= 0.3 is 0 Å². The van der Waals surface area contributed by atoms with E-state index in [1.165, 1.54) is 33.4 Å². The van der Waals surface area contributed by atoms with Crippen molar-refractivity contribution in [2.45, 2.75) is 32.4 Å². The smallest absolute Gasteiger partial charge is 0.164 e. The highest BCUT2D eigenvalue weighted by atomic mass is 32.1. The molecule has 3 aromatic heterocycles. The minimum atomic E-state index is 0.704. The highest BCUT2D eigenvalue weighted by molar-refractivity contribution is 7.19. The van der Waals surface area contributed by atoms with Gasteiger partial charge in [-0.15, -0.1) is 11.3 Å². The molecule has 0 unspecified atom stereocenters. The van der Waals surface area contributed by atoms with E-state index in [-0.39, 0.29) is 0 Å². The summed E-state index contributed by atoms with van der Waals surface area (Å²) in [5.41, 5.74) is 4.48. The number of nitrogens with zero attached hydrogens (tertiary/aromatic N) is 5. The highest BCUT2D eigenvalue weighted by Crippen LogP contribution is 2.37. The number of morpholine rings is 1. The van der Waals surface area contributed by atoms with Crippen molar-refractivity contribution in [3.8, 4) is 11.4 Å². The fraction of sp³-hybridized carbons (Fsp3) is 0.481. The first kappa shape index (κ1) is 22.9. The van der Waals surface area contributed by atoms with Crippen molar-refractivity contribution < 1.29 is 4.74 Å². The second-order valence-corrected chi connectivity index (χ2v) is 11.3. The van der Waals surface area contributed by atoms with Gasteiger partial charge in [-0.2, -0.15) is 0 Å². The Morgan fingerprint density at radius 3 is 2.66 bits per heavy atom. The van der Waals surface area contributed by atoms with Crippen LogP contribution in [0.25, 0.3) is 32.5 Å². The molecule has 6 rings (SSSR count). The molecular weight excluding hydrogens is 456 g/mol. The second-order valence-electron chi connectivity index (χ2n) is 10.1. The molecule has 0 saturated carbocycles. The van der Waals surface area contributed by atoms with Crippen molar-refractivity contribution in [1.29, 1.82) is 0 Å². The first-order valence-corrected chi connectivity index (χ1v) is 13.5. The number of H-pyrrole nitrogens is 1. The predicted octanol–water partition coefficient (Wildman–Crippen LogP) is 4.51. The van der Waals surface area contributed by atoms with E-state index >= 15 is 0 Å². The summed E-state index contributed by atoms with van der Waals surface area (Å²) < 4.78 is 6.84. The van der Waals surface area contributed by atoms with Crippen LogP contribution in [0.1, 0.15) is 23.3 Å². The zero-order chi connectivity index (χ0) is 23.9. The lowest BCUT2D eigenvalue weighted by Crippen LogP contribution is -2.41. The van der Waals surface area contributed by atoms with Crippen LogP contribution < -0.4 is 4.90 Å². The summed E-state index contributed by atoms with van der Waals surface area (Å²) in [6.07, 6.45) is 4.53. The molecule has 0 spiro atoms. The molecule has 0 aliphatic carbocycles. The van der Waals surface area contributed by atoms with E-state index in [0.717, 1.165) is 74.2 Å². The molecule has 7 nitrogen and oxygen atoms in total. The van der Waals surface area contributed by atoms with E-state index in [1.807, 2.05) is 11.3 Å². The molecule has 2 saturated heterocycles. The van der Waals surface area contributed by atoms with Crippen LogP contribution in [0.15, 0.2) is 30.5 Å². The summed E-state index contributed by atoms with van der Waals surface area (Å²) in [6, 6.07) is 9.50. The molecular formula is C27H34N6OS. The maximum Gasteiger partial charge on any atom is 0.164 e. The summed E-state index contributed by atoms with van der Waals surface area (Å²) >= 11 is 1.86. The van der Waals surface area contributed by atoms with E-state index in [4.69, 9.17) is 14.7 Å². The summed E-state index contributed by atoms with van der Waals surface area (Å²) in [4.78, 5) is 22.4. The van der Waals surface area contributed by atoms with Crippen LogP contribution in [0.4, 0.5) is 5.82 Å². The van der Waals surface area contributed by atoms with E-state index in [1.54, 1.807) is 0 Å². The largest absolute Gasteiger partial charge is 0.378 e. The van der Waals surface area contributed by atoms with Crippen molar-refractivity contribution in [2.24, 2.45) is 0 Å². The Hall–Kier alpha value is -2.52. The van der Waals surface area contributed by atoms with Crippen molar-refractivity contribution >= 4 is 38.3 Å². The van der Waals surface area contributed by atoms with Gasteiger partial charge in [0.25, 0.3) is 0 Å². The van der Waals surface area contributed by atoms with Crippen LogP contribution in [0.5, 0.6) is 0 Å². The molecule has 35 heavy (non-hydrogen) atoms. The topological polar surface area (TPSA) is 60.5 Å². The number of fused-ring (bicyclic) bond motifs is 2. The van der Waals surface area contributed by atoms with Crippen LogP contribution in [-0.2, 0) is 11.3 Å². The van der Waals surface area contributed by atoms with Gasteiger partial charge in [-0.05, 0) is 52.1 Å². The third-order valence-corrected chi connectivity index (χ3v) is 8.57. The summed E-state index contributed by atoms with van der Waals surface area (Å²) in [7, 11) is 4.40. The first-order chi connectivity index (χ1) is 17.0. The van der Waals surface area contributed by atoms with Gasteiger partial charge in [0.05, 0.1) is 23.4 Å². The maximum absolute atomic E-state index is 5.64. The molecule has 0 radical (unpaired) electrons. The fourth-order valence-electron chi connectivity index (χ4n) is 5.39. The molecule has 1 aromatic carbocycles. The molecule has 0 bridgehead atoms. The second kappa shape index (κ2) is 9.50. The Labute approximate surface area is 210 Å². The van der Waals surface area contributed by atoms with Crippen molar-refractivity contribution in [1.82, 2.24) is 24.8 Å². The normalized spacial score (nSPS) is 18.3. The number of hydrogen-bond acceptors (Lipinski definition) is 7. The minimum absolute atomic E-state index is 0.704. The molecule has 184 valence electrons. The average molecular weight is 491 g/mol. The minimum Gasteiger partial charge on any atom is -0.378 e. The molecule has 1 N–H and O–H groups in total. The molecule has 4 aromatic rings. The summed E-state index contributed by atoms with van der Waals surface area (Å²) in [5, 5.41) is 1.18. The third kappa shape index (κ3) is 4.56. The molecule has 5 heterocycles. The standard InChI is InChI=1S/C27H34N6OS/c1-18-4-5-23-21(14-18)22(16-28-23)26-29-24-15-20(17-32-8-6-19(7-9-32)31(2)3)35-25(24)27(30-26)33-10-12-34-13-11-33/h4-5,14-16,19,28H,6-13,17H2,1-3H3. The molecule has 8 heteroatoms. The van der Waals surface area contributed by atoms with Crippen LogP contribution in [-0.4, -0.2) is 84.3 Å². The van der Waals surface area contributed by atoms with Gasteiger partial charge in [0.15, 0.2) is 11.6 Å². The number of nitrogens with one attached hydrogen (secondary N) is 1. The number of anilines is 1. The van der Waals surface area contributed by atoms with Gasteiger partial charge < -0.3 is 19.5 Å². The molecule has 2 fully saturated rings. The Bertz CT molecular complexity index is 1330. The van der Waals surface area contributed by atoms with Crippen LogP contribution >= 0.6 is 11.3 Å². The molecule has 2 aliphatic heterocycles. The van der Waals surface area contributed by atoms with Crippen LogP contribution in [0.3, 0.4) is 0 Å². The number of ether oxygens (including phenoxy) is 1. The Morgan fingerprint density at radius 2 is 1.89 bits per heavy atom. The number of hydrogen-bond donors (Lipinski definition) is 1. The molecule has 2 aliphatic rings. The van der Waals surface area contributed by atoms with Gasteiger partial charge in [0.1, 0.15) is 0 Å². The molecule has 0 amide bonds. The lowest BCUT2D eigenvalue weighted by atomic mass is 10.0. The van der Waals surface area contributed by atoms with Gasteiger partial charge in [-0.25, -0.2) is 9.97 Å². The number of aromatic amines is 1. The number of rotatable bonds is 5. The van der Waals surface area contributed by atoms with Gasteiger partial charge in [0, 0.05) is 66.3 Å². The van der Waals surface area contributed by atoms with Gasteiger partial charge in [0.2, 0.25) is 0 Å². The van der Waals surface area contributed by atoms with Crippen LogP contribution in [0.2, 0.25) is 0 Å². The van der Waals surface area contributed by atoms with Crippen molar-refractivity contribution in [3.05, 3.63) is 40.9 Å². The SMILES string of the molecule is Cc1ccc2[nH]cc(-c3nc(N4CCOCC4)c4sc(CN5CCC(N(C)C)CC5)cc4n3)c2c1. The van der Waals surface area contributed by atoms with Gasteiger partial charge in [-0.3, -0.25) is 4.90 Å². The Balaban J connectivity index is 1.37. The zero-order valence-corrected chi connectivity index (χ0v) is 21.7. The number of thiophene rings is 1. The number of likely N-dealkylation sites (tertiary alicyclic amines) is 1. The maximum atomic E-state index is 5.64. The lowest BCUT2D eigenvalue weighted by molar-refractivity contribution is 0.122.